The SMILES string of the molecule is Cc1cc2c(cc1Cl)CC[C@@H](N)C2. The molecule has 0 heterocycles. The molecule has 1 aliphatic rings. The molecular weight excluding hydrogens is 182 g/mol. The second-order valence-electron chi connectivity index (χ2n) is 3.87. The van der Waals surface area contributed by atoms with E-state index in [1.807, 2.05) is 6.92 Å². The molecule has 2 N–H and O–H groups in total. The van der Waals surface area contributed by atoms with Gasteiger partial charge in [-0.05, 0) is 48.9 Å². The van der Waals surface area contributed by atoms with E-state index in [4.69, 9.17) is 17.3 Å². The molecule has 1 aromatic carbocycles. The Morgan fingerprint density at radius 1 is 1.38 bits per heavy atom. The number of benzene rings is 1. The number of hydrogen-bond acceptors (Lipinski definition) is 1. The molecule has 1 nitrogen and oxygen atoms in total. The zero-order chi connectivity index (χ0) is 9.42. The largest absolute Gasteiger partial charge is 0.327 e. The second-order valence-corrected chi connectivity index (χ2v) is 4.28. The summed E-state index contributed by atoms with van der Waals surface area (Å²) in [5.41, 5.74) is 9.84. The van der Waals surface area contributed by atoms with Crippen LogP contribution >= 0.6 is 11.6 Å². The maximum absolute atomic E-state index is 6.05. The molecule has 0 unspecified atom stereocenters. The Labute approximate surface area is 83.9 Å². The van der Waals surface area contributed by atoms with Crippen molar-refractivity contribution in [2.45, 2.75) is 32.2 Å². The smallest absolute Gasteiger partial charge is 0.0438 e. The quantitative estimate of drug-likeness (QED) is 0.676. The molecule has 2 heteroatoms. The summed E-state index contributed by atoms with van der Waals surface area (Å²) in [4.78, 5) is 0. The van der Waals surface area contributed by atoms with Gasteiger partial charge in [0.2, 0.25) is 0 Å². The number of halogens is 1. The fourth-order valence-electron chi connectivity index (χ4n) is 1.93. The van der Waals surface area contributed by atoms with Gasteiger partial charge >= 0.3 is 0 Å². The summed E-state index contributed by atoms with van der Waals surface area (Å²) in [6.45, 7) is 2.04. The highest BCUT2D eigenvalue weighted by atomic mass is 35.5. The summed E-state index contributed by atoms with van der Waals surface area (Å²) in [6.07, 6.45) is 3.18. The van der Waals surface area contributed by atoms with Crippen LogP contribution < -0.4 is 5.73 Å². The Hall–Kier alpha value is -0.530. The number of rotatable bonds is 0. The molecule has 0 amide bonds. The maximum atomic E-state index is 6.05. The Balaban J connectivity index is 2.43. The van der Waals surface area contributed by atoms with Crippen molar-refractivity contribution in [3.8, 4) is 0 Å². The monoisotopic (exact) mass is 195 g/mol. The summed E-state index contributed by atoms with van der Waals surface area (Å²) in [6, 6.07) is 4.61. The molecule has 2 rings (SSSR count). The van der Waals surface area contributed by atoms with E-state index < -0.39 is 0 Å². The minimum Gasteiger partial charge on any atom is -0.327 e. The van der Waals surface area contributed by atoms with Crippen molar-refractivity contribution in [3.63, 3.8) is 0 Å². The van der Waals surface area contributed by atoms with Gasteiger partial charge in [-0.15, -0.1) is 0 Å². The van der Waals surface area contributed by atoms with Crippen molar-refractivity contribution >= 4 is 11.6 Å². The summed E-state index contributed by atoms with van der Waals surface area (Å²) >= 11 is 6.05. The first-order valence-electron chi connectivity index (χ1n) is 4.70. The van der Waals surface area contributed by atoms with Crippen LogP contribution in [0.2, 0.25) is 5.02 Å². The average molecular weight is 196 g/mol. The number of fused-ring (bicyclic) bond motifs is 1. The molecule has 1 atom stereocenters. The van der Waals surface area contributed by atoms with Gasteiger partial charge in [-0.3, -0.25) is 0 Å². The molecule has 0 bridgehead atoms. The molecular formula is C11H14ClN. The van der Waals surface area contributed by atoms with Gasteiger partial charge in [0.1, 0.15) is 0 Å². The Morgan fingerprint density at radius 3 is 2.92 bits per heavy atom. The lowest BCUT2D eigenvalue weighted by atomic mass is 9.88. The van der Waals surface area contributed by atoms with Crippen molar-refractivity contribution in [1.29, 1.82) is 0 Å². The average Bonchev–Trinajstić information content (AvgIpc) is 2.08. The lowest BCUT2D eigenvalue weighted by Gasteiger charge is -2.22. The standard InChI is InChI=1S/C11H14ClN/c1-7-4-9-5-10(13)3-2-8(9)6-11(7)12/h4,6,10H,2-3,5,13H2,1H3/t10-/m1/s1. The predicted molar refractivity (Wildman–Crippen MR) is 56.2 cm³/mol. The van der Waals surface area contributed by atoms with Gasteiger partial charge in [-0.25, -0.2) is 0 Å². The van der Waals surface area contributed by atoms with E-state index in [1.165, 1.54) is 11.1 Å². The van der Waals surface area contributed by atoms with Crippen LogP contribution in [-0.2, 0) is 12.8 Å². The highest BCUT2D eigenvalue weighted by Crippen LogP contribution is 2.26. The third-order valence-electron chi connectivity index (χ3n) is 2.75. The zero-order valence-corrected chi connectivity index (χ0v) is 8.56. The summed E-state index contributed by atoms with van der Waals surface area (Å²) in [7, 11) is 0. The molecule has 1 aromatic rings. The molecule has 13 heavy (non-hydrogen) atoms. The van der Waals surface area contributed by atoms with Gasteiger partial charge in [-0.1, -0.05) is 17.7 Å². The highest BCUT2D eigenvalue weighted by Gasteiger charge is 2.16. The van der Waals surface area contributed by atoms with Crippen LogP contribution in [0.5, 0.6) is 0 Å². The molecule has 70 valence electrons. The normalized spacial score (nSPS) is 21.3. The van der Waals surface area contributed by atoms with Crippen LogP contribution in [-0.4, -0.2) is 6.04 Å². The van der Waals surface area contributed by atoms with Gasteiger partial charge in [0.05, 0.1) is 0 Å². The molecule has 0 spiro atoms. The summed E-state index contributed by atoms with van der Waals surface area (Å²) in [5, 5.41) is 0.884. The Morgan fingerprint density at radius 2 is 2.15 bits per heavy atom. The first-order valence-corrected chi connectivity index (χ1v) is 5.08. The van der Waals surface area contributed by atoms with Gasteiger partial charge in [0, 0.05) is 11.1 Å². The van der Waals surface area contributed by atoms with Gasteiger partial charge in [-0.2, -0.15) is 0 Å². The van der Waals surface area contributed by atoms with Crippen LogP contribution in [0.1, 0.15) is 23.1 Å². The van der Waals surface area contributed by atoms with Crippen molar-refractivity contribution in [3.05, 3.63) is 33.8 Å². The van der Waals surface area contributed by atoms with E-state index in [0.29, 0.717) is 6.04 Å². The van der Waals surface area contributed by atoms with Crippen molar-refractivity contribution in [2.24, 2.45) is 5.73 Å². The highest BCUT2D eigenvalue weighted by molar-refractivity contribution is 6.31. The van der Waals surface area contributed by atoms with Crippen molar-refractivity contribution in [1.82, 2.24) is 0 Å². The van der Waals surface area contributed by atoms with Gasteiger partial charge < -0.3 is 5.73 Å². The number of hydrogen-bond donors (Lipinski definition) is 1. The van der Waals surface area contributed by atoms with Crippen LogP contribution in [0.3, 0.4) is 0 Å². The summed E-state index contributed by atoms with van der Waals surface area (Å²) in [5.74, 6) is 0. The van der Waals surface area contributed by atoms with Crippen LogP contribution in [0.4, 0.5) is 0 Å². The summed E-state index contributed by atoms with van der Waals surface area (Å²) < 4.78 is 0. The van der Waals surface area contributed by atoms with E-state index in [0.717, 1.165) is 29.8 Å². The molecule has 0 saturated carbocycles. The van der Waals surface area contributed by atoms with Gasteiger partial charge in [0.15, 0.2) is 0 Å². The topological polar surface area (TPSA) is 26.0 Å². The third-order valence-corrected chi connectivity index (χ3v) is 3.15. The van der Waals surface area contributed by atoms with Crippen molar-refractivity contribution < 1.29 is 0 Å². The van der Waals surface area contributed by atoms with Crippen LogP contribution in [0.15, 0.2) is 12.1 Å². The lowest BCUT2D eigenvalue weighted by Crippen LogP contribution is -2.27. The lowest BCUT2D eigenvalue weighted by molar-refractivity contribution is 0.576. The van der Waals surface area contributed by atoms with E-state index in [-0.39, 0.29) is 0 Å². The molecule has 1 aliphatic carbocycles. The zero-order valence-electron chi connectivity index (χ0n) is 7.81. The van der Waals surface area contributed by atoms with E-state index in [2.05, 4.69) is 12.1 Å². The molecule has 0 fully saturated rings. The minimum absolute atomic E-state index is 0.341. The molecule has 0 aliphatic heterocycles. The van der Waals surface area contributed by atoms with Crippen LogP contribution in [0, 0.1) is 6.92 Å². The van der Waals surface area contributed by atoms with Gasteiger partial charge in [0.25, 0.3) is 0 Å². The molecule has 0 aromatic heterocycles. The van der Waals surface area contributed by atoms with E-state index >= 15 is 0 Å². The van der Waals surface area contributed by atoms with E-state index in [1.54, 1.807) is 0 Å². The third kappa shape index (κ3) is 1.72. The fourth-order valence-corrected chi connectivity index (χ4v) is 2.12. The van der Waals surface area contributed by atoms with Crippen LogP contribution in [0.25, 0.3) is 0 Å². The second kappa shape index (κ2) is 3.32. The first-order chi connectivity index (χ1) is 6.16. The number of nitrogens with two attached hydrogens (primary N) is 1. The van der Waals surface area contributed by atoms with Crippen molar-refractivity contribution in [2.75, 3.05) is 0 Å². The van der Waals surface area contributed by atoms with E-state index in [9.17, 15) is 0 Å². The fraction of sp³-hybridized carbons (Fsp3) is 0.455. The maximum Gasteiger partial charge on any atom is 0.0438 e. The first kappa shape index (κ1) is 9.04. The minimum atomic E-state index is 0.341. The molecule has 0 radical (unpaired) electrons. The Kier molecular flexibility index (Phi) is 2.31. The Bertz CT molecular complexity index is 333. The predicted octanol–water partition coefficient (Wildman–Crippen LogP) is 2.46. The molecule has 0 saturated heterocycles. The number of aryl methyl sites for hydroxylation is 2.